The topological polar surface area (TPSA) is 71.8 Å². The van der Waals surface area contributed by atoms with Crippen LogP contribution in [0.25, 0.3) is 11.0 Å². The Morgan fingerprint density at radius 2 is 1.94 bits per heavy atom. The summed E-state index contributed by atoms with van der Waals surface area (Å²) in [5.41, 5.74) is 6.48. The molecule has 4 rings (SSSR count). The number of nitrogens with zero attached hydrogens (tertiary/aromatic N) is 4. The summed E-state index contributed by atoms with van der Waals surface area (Å²) in [4.78, 5) is 19.1. The standard InChI is InChI=1S/C23H26FN5O2/c1-4-29-16(3)25-20-14-18(6-8-22(20)29)23(30)27-26-15(2)17-5-7-21(19(24)13-17)28-9-11-31-12-10-28/h5-8,13-14H,4,9-12H2,1-3H3,(H,27,30)/b26-15-. The van der Waals surface area contributed by atoms with Gasteiger partial charge in [0, 0.05) is 30.8 Å². The number of hydrogen-bond donors (Lipinski definition) is 1. The van der Waals surface area contributed by atoms with Crippen molar-refractivity contribution in [3.05, 3.63) is 59.2 Å². The molecule has 2 heterocycles. The number of nitrogens with one attached hydrogen (secondary N) is 1. The maximum atomic E-state index is 14.6. The lowest BCUT2D eigenvalue weighted by Crippen LogP contribution is -2.36. The molecule has 0 aliphatic carbocycles. The smallest absolute Gasteiger partial charge is 0.271 e. The van der Waals surface area contributed by atoms with Crippen molar-refractivity contribution in [1.29, 1.82) is 0 Å². The van der Waals surface area contributed by atoms with Crippen LogP contribution in [0.3, 0.4) is 0 Å². The number of amides is 1. The fraction of sp³-hybridized carbons (Fsp3) is 0.348. The molecule has 2 aromatic carbocycles. The fourth-order valence-corrected chi connectivity index (χ4v) is 3.85. The maximum absolute atomic E-state index is 14.6. The van der Waals surface area contributed by atoms with E-state index in [0.717, 1.165) is 23.4 Å². The van der Waals surface area contributed by atoms with Crippen molar-refractivity contribution in [3.8, 4) is 0 Å². The summed E-state index contributed by atoms with van der Waals surface area (Å²) in [6, 6.07) is 10.4. The second kappa shape index (κ2) is 8.85. The van der Waals surface area contributed by atoms with Crippen molar-refractivity contribution in [2.45, 2.75) is 27.3 Å². The first-order chi connectivity index (χ1) is 15.0. The van der Waals surface area contributed by atoms with Crippen LogP contribution in [0.2, 0.25) is 0 Å². The van der Waals surface area contributed by atoms with Gasteiger partial charge in [-0.2, -0.15) is 5.10 Å². The van der Waals surface area contributed by atoms with E-state index in [0.29, 0.717) is 48.8 Å². The Kier molecular flexibility index (Phi) is 5.99. The van der Waals surface area contributed by atoms with Gasteiger partial charge in [0.2, 0.25) is 0 Å². The molecule has 1 N–H and O–H groups in total. The van der Waals surface area contributed by atoms with Gasteiger partial charge in [-0.05, 0) is 51.1 Å². The van der Waals surface area contributed by atoms with E-state index in [2.05, 4.69) is 27.0 Å². The molecule has 1 fully saturated rings. The van der Waals surface area contributed by atoms with Gasteiger partial charge < -0.3 is 14.2 Å². The molecule has 0 radical (unpaired) electrons. The summed E-state index contributed by atoms with van der Waals surface area (Å²) < 4.78 is 22.1. The van der Waals surface area contributed by atoms with Gasteiger partial charge in [-0.3, -0.25) is 4.79 Å². The van der Waals surface area contributed by atoms with Crippen LogP contribution < -0.4 is 10.3 Å². The van der Waals surface area contributed by atoms with E-state index in [9.17, 15) is 9.18 Å². The molecule has 1 aromatic heterocycles. The molecule has 0 bridgehead atoms. The van der Waals surface area contributed by atoms with Gasteiger partial charge >= 0.3 is 0 Å². The predicted octanol–water partition coefficient (Wildman–Crippen LogP) is 3.49. The van der Waals surface area contributed by atoms with Crippen LogP contribution in [0.1, 0.15) is 35.6 Å². The highest BCUT2D eigenvalue weighted by Crippen LogP contribution is 2.22. The van der Waals surface area contributed by atoms with Gasteiger partial charge in [0.15, 0.2) is 0 Å². The number of benzene rings is 2. The van der Waals surface area contributed by atoms with Gasteiger partial charge in [-0.1, -0.05) is 6.07 Å². The number of fused-ring (bicyclic) bond motifs is 1. The molecule has 0 saturated carbocycles. The second-order valence-electron chi connectivity index (χ2n) is 7.51. The summed E-state index contributed by atoms with van der Waals surface area (Å²) in [5.74, 6) is 0.259. The molecule has 1 aliphatic rings. The highest BCUT2D eigenvalue weighted by atomic mass is 19.1. The van der Waals surface area contributed by atoms with E-state index in [1.54, 1.807) is 25.1 Å². The number of hydrazone groups is 1. The predicted molar refractivity (Wildman–Crippen MR) is 119 cm³/mol. The Balaban J connectivity index is 1.48. The fourth-order valence-electron chi connectivity index (χ4n) is 3.85. The monoisotopic (exact) mass is 423 g/mol. The summed E-state index contributed by atoms with van der Waals surface area (Å²) >= 11 is 0. The molecule has 0 atom stereocenters. The molecular formula is C23H26FN5O2. The van der Waals surface area contributed by atoms with Crippen LogP contribution in [0.5, 0.6) is 0 Å². The normalized spacial score (nSPS) is 14.8. The van der Waals surface area contributed by atoms with Crippen LogP contribution >= 0.6 is 0 Å². The Hall–Kier alpha value is -3.26. The van der Waals surface area contributed by atoms with Crippen molar-refractivity contribution in [2.75, 3.05) is 31.2 Å². The number of ether oxygens (including phenoxy) is 1. The minimum Gasteiger partial charge on any atom is -0.378 e. The van der Waals surface area contributed by atoms with E-state index in [-0.39, 0.29) is 11.7 Å². The Morgan fingerprint density at radius 3 is 2.65 bits per heavy atom. The third-order valence-corrected chi connectivity index (χ3v) is 5.56. The number of halogens is 1. The summed E-state index contributed by atoms with van der Waals surface area (Å²) in [6.45, 7) is 9.08. The van der Waals surface area contributed by atoms with Gasteiger partial charge in [-0.15, -0.1) is 0 Å². The third kappa shape index (κ3) is 4.29. The molecule has 0 unspecified atom stereocenters. The van der Waals surface area contributed by atoms with Gasteiger partial charge in [-0.25, -0.2) is 14.8 Å². The summed E-state index contributed by atoms with van der Waals surface area (Å²) in [6.07, 6.45) is 0. The first kappa shape index (κ1) is 21.0. The van der Waals surface area contributed by atoms with E-state index >= 15 is 0 Å². The highest BCUT2D eigenvalue weighted by molar-refractivity contribution is 6.02. The number of hydrogen-bond acceptors (Lipinski definition) is 5. The largest absolute Gasteiger partial charge is 0.378 e. The third-order valence-electron chi connectivity index (χ3n) is 5.56. The summed E-state index contributed by atoms with van der Waals surface area (Å²) in [5, 5.41) is 4.16. The summed E-state index contributed by atoms with van der Waals surface area (Å²) in [7, 11) is 0. The first-order valence-corrected chi connectivity index (χ1v) is 10.4. The zero-order valence-corrected chi connectivity index (χ0v) is 18.0. The minimum atomic E-state index is -0.338. The number of carbonyl (C=O) groups excluding carboxylic acids is 1. The van der Waals surface area contributed by atoms with Crippen LogP contribution in [0, 0.1) is 12.7 Å². The molecule has 8 heteroatoms. The Bertz CT molecular complexity index is 1150. The average Bonchev–Trinajstić information content (AvgIpc) is 3.11. The molecule has 1 amide bonds. The van der Waals surface area contributed by atoms with Gasteiger partial charge in [0.1, 0.15) is 11.6 Å². The molecular weight excluding hydrogens is 397 g/mol. The molecule has 1 aliphatic heterocycles. The van der Waals surface area contributed by atoms with E-state index in [1.807, 2.05) is 24.0 Å². The Morgan fingerprint density at radius 1 is 1.19 bits per heavy atom. The van der Waals surface area contributed by atoms with Crippen LogP contribution in [0.15, 0.2) is 41.5 Å². The van der Waals surface area contributed by atoms with Crippen molar-refractivity contribution in [2.24, 2.45) is 5.10 Å². The van der Waals surface area contributed by atoms with Gasteiger partial charge in [0.25, 0.3) is 5.91 Å². The van der Waals surface area contributed by atoms with Crippen molar-refractivity contribution in [3.63, 3.8) is 0 Å². The average molecular weight is 423 g/mol. The second-order valence-corrected chi connectivity index (χ2v) is 7.51. The lowest BCUT2D eigenvalue weighted by atomic mass is 10.1. The number of aromatic nitrogens is 2. The van der Waals surface area contributed by atoms with Gasteiger partial charge in [0.05, 0.1) is 35.6 Å². The van der Waals surface area contributed by atoms with Crippen molar-refractivity contribution < 1.29 is 13.9 Å². The minimum absolute atomic E-state index is 0.312. The zero-order valence-electron chi connectivity index (χ0n) is 18.0. The Labute approximate surface area is 180 Å². The number of rotatable bonds is 5. The van der Waals surface area contributed by atoms with Crippen molar-refractivity contribution in [1.82, 2.24) is 15.0 Å². The van der Waals surface area contributed by atoms with Crippen LogP contribution in [-0.4, -0.2) is 47.5 Å². The van der Waals surface area contributed by atoms with Crippen molar-refractivity contribution >= 4 is 28.3 Å². The van der Waals surface area contributed by atoms with E-state index in [1.165, 1.54) is 6.07 Å². The molecule has 3 aromatic rings. The first-order valence-electron chi connectivity index (χ1n) is 10.4. The maximum Gasteiger partial charge on any atom is 0.271 e. The molecule has 31 heavy (non-hydrogen) atoms. The number of aryl methyl sites for hydroxylation is 2. The van der Waals surface area contributed by atoms with E-state index < -0.39 is 0 Å². The van der Waals surface area contributed by atoms with E-state index in [4.69, 9.17) is 4.74 Å². The number of morpholine rings is 1. The quantitative estimate of drug-likeness (QED) is 0.504. The lowest BCUT2D eigenvalue weighted by Gasteiger charge is -2.29. The number of imidazole rings is 1. The molecule has 162 valence electrons. The molecule has 7 nitrogen and oxygen atoms in total. The molecule has 0 spiro atoms. The SMILES string of the molecule is CCn1c(C)nc2cc(C(=O)N/N=C(/C)c3ccc(N4CCOCC4)c(F)c3)ccc21. The van der Waals surface area contributed by atoms with Crippen LogP contribution in [-0.2, 0) is 11.3 Å². The van der Waals surface area contributed by atoms with Crippen LogP contribution in [0.4, 0.5) is 10.1 Å². The molecule has 1 saturated heterocycles. The zero-order chi connectivity index (χ0) is 22.0. The number of carbonyl (C=O) groups is 1. The highest BCUT2D eigenvalue weighted by Gasteiger charge is 2.16. The lowest BCUT2D eigenvalue weighted by molar-refractivity contribution is 0.0955. The number of anilines is 1.